The van der Waals surface area contributed by atoms with Gasteiger partial charge in [0.1, 0.15) is 0 Å². The highest BCUT2D eigenvalue weighted by Crippen LogP contribution is 2.12. The first-order valence-electron chi connectivity index (χ1n) is 8.13. The molecule has 142 valence electrons. The van der Waals surface area contributed by atoms with Crippen molar-refractivity contribution in [1.82, 2.24) is 10.2 Å². The van der Waals surface area contributed by atoms with Gasteiger partial charge in [-0.25, -0.2) is 0 Å². The topological polar surface area (TPSA) is 44.7 Å². The number of aliphatic imine (C=N–C) groups is 1. The SMILES string of the molecule is CN=C(NCCS(=O)Cc1ccccc1)N(C)Cc1cccc(Cl)c1.I. The lowest BCUT2D eigenvalue weighted by Crippen LogP contribution is -2.40. The first-order chi connectivity index (χ1) is 12.1. The highest BCUT2D eigenvalue weighted by molar-refractivity contribution is 14.0. The summed E-state index contributed by atoms with van der Waals surface area (Å²) in [6, 6.07) is 17.7. The molecule has 2 rings (SSSR count). The van der Waals surface area contributed by atoms with E-state index in [1.54, 1.807) is 7.05 Å². The van der Waals surface area contributed by atoms with Crippen molar-refractivity contribution in [2.24, 2.45) is 4.99 Å². The van der Waals surface area contributed by atoms with Crippen molar-refractivity contribution < 1.29 is 4.21 Å². The summed E-state index contributed by atoms with van der Waals surface area (Å²) in [5.41, 5.74) is 2.22. The largest absolute Gasteiger partial charge is 0.355 e. The number of rotatable bonds is 7. The third kappa shape index (κ3) is 8.05. The molecule has 0 fully saturated rings. The molecule has 2 aromatic rings. The normalized spacial score (nSPS) is 12.2. The van der Waals surface area contributed by atoms with Crippen LogP contribution in [0.2, 0.25) is 5.02 Å². The van der Waals surface area contributed by atoms with Crippen molar-refractivity contribution in [1.29, 1.82) is 0 Å². The van der Waals surface area contributed by atoms with Crippen molar-refractivity contribution in [2.45, 2.75) is 12.3 Å². The highest BCUT2D eigenvalue weighted by atomic mass is 127. The number of nitrogens with zero attached hydrogens (tertiary/aromatic N) is 2. The van der Waals surface area contributed by atoms with Gasteiger partial charge >= 0.3 is 0 Å². The molecule has 7 heteroatoms. The van der Waals surface area contributed by atoms with Crippen LogP contribution in [0.1, 0.15) is 11.1 Å². The molecule has 0 amide bonds. The Hall–Kier alpha value is -1.12. The molecule has 0 aliphatic rings. The predicted octanol–water partition coefficient (Wildman–Crippen LogP) is 3.91. The predicted molar refractivity (Wildman–Crippen MR) is 123 cm³/mol. The molecule has 26 heavy (non-hydrogen) atoms. The Balaban J connectivity index is 0.00000338. The molecule has 1 unspecified atom stereocenters. The zero-order valence-electron chi connectivity index (χ0n) is 15.0. The van der Waals surface area contributed by atoms with Crippen molar-refractivity contribution in [2.75, 3.05) is 26.4 Å². The summed E-state index contributed by atoms with van der Waals surface area (Å²) in [7, 11) is 2.82. The van der Waals surface area contributed by atoms with Crippen LogP contribution in [0.3, 0.4) is 0 Å². The quantitative estimate of drug-likeness (QED) is 0.352. The highest BCUT2D eigenvalue weighted by Gasteiger charge is 2.08. The lowest BCUT2D eigenvalue weighted by Gasteiger charge is -2.22. The molecule has 0 spiro atoms. The second kappa shape index (κ2) is 12.3. The molecule has 0 radical (unpaired) electrons. The van der Waals surface area contributed by atoms with Gasteiger partial charge in [0.2, 0.25) is 0 Å². The summed E-state index contributed by atoms with van der Waals surface area (Å²) in [5, 5.41) is 4.00. The zero-order chi connectivity index (χ0) is 18.1. The third-order valence-electron chi connectivity index (χ3n) is 3.67. The summed E-state index contributed by atoms with van der Waals surface area (Å²) in [6.07, 6.45) is 0. The maximum atomic E-state index is 12.2. The fraction of sp³-hybridized carbons (Fsp3) is 0.316. The van der Waals surface area contributed by atoms with Crippen LogP contribution in [0.15, 0.2) is 59.6 Å². The number of nitrogens with one attached hydrogen (secondary N) is 1. The lowest BCUT2D eigenvalue weighted by molar-refractivity contribution is 0.479. The minimum atomic E-state index is -0.897. The van der Waals surface area contributed by atoms with Crippen LogP contribution in [0.4, 0.5) is 0 Å². The summed E-state index contributed by atoms with van der Waals surface area (Å²) < 4.78 is 12.2. The maximum absolute atomic E-state index is 12.2. The van der Waals surface area contributed by atoms with Crippen LogP contribution in [0, 0.1) is 0 Å². The molecule has 0 saturated carbocycles. The molecule has 4 nitrogen and oxygen atoms in total. The first-order valence-corrected chi connectivity index (χ1v) is 10.00. The fourth-order valence-corrected chi connectivity index (χ4v) is 3.73. The van der Waals surface area contributed by atoms with E-state index in [-0.39, 0.29) is 24.0 Å². The van der Waals surface area contributed by atoms with Crippen molar-refractivity contribution in [3.05, 3.63) is 70.7 Å². The van der Waals surface area contributed by atoms with Crippen LogP contribution in [-0.2, 0) is 23.1 Å². The smallest absolute Gasteiger partial charge is 0.193 e. The van der Waals surface area contributed by atoms with E-state index in [0.29, 0.717) is 24.6 Å². The minimum absolute atomic E-state index is 0. The van der Waals surface area contributed by atoms with Gasteiger partial charge in [-0.05, 0) is 23.3 Å². The van der Waals surface area contributed by atoms with Gasteiger partial charge in [0.05, 0.1) is 0 Å². The fourth-order valence-electron chi connectivity index (χ4n) is 2.48. The number of hydrogen-bond acceptors (Lipinski definition) is 2. The Morgan fingerprint density at radius 2 is 1.85 bits per heavy atom. The molecule has 1 N–H and O–H groups in total. The number of guanidine groups is 1. The van der Waals surface area contributed by atoms with Crippen LogP contribution < -0.4 is 5.32 Å². The Kier molecular flexibility index (Phi) is 10.8. The van der Waals surface area contributed by atoms with Crippen LogP contribution in [0.25, 0.3) is 0 Å². The van der Waals surface area contributed by atoms with E-state index in [1.807, 2.05) is 66.5 Å². The molecule has 0 aliphatic heterocycles. The van der Waals surface area contributed by atoms with E-state index in [4.69, 9.17) is 11.6 Å². The molecular weight excluding hydrogens is 481 g/mol. The van der Waals surface area contributed by atoms with E-state index < -0.39 is 10.8 Å². The number of halogens is 2. The molecule has 0 aliphatic carbocycles. The summed E-state index contributed by atoms with van der Waals surface area (Å²) in [6.45, 7) is 1.32. The standard InChI is InChI=1S/C19H24ClN3OS.HI/c1-21-19(23(2)14-17-9-6-10-18(20)13-17)22-11-12-25(24)15-16-7-4-3-5-8-16;/h3-10,13H,11-12,14-15H2,1-2H3,(H,21,22);1H. The lowest BCUT2D eigenvalue weighted by atomic mass is 10.2. The Morgan fingerprint density at radius 3 is 2.50 bits per heavy atom. The maximum Gasteiger partial charge on any atom is 0.193 e. The third-order valence-corrected chi connectivity index (χ3v) is 5.22. The van der Waals surface area contributed by atoms with E-state index in [2.05, 4.69) is 10.3 Å². The molecule has 0 saturated heterocycles. The second-order valence-electron chi connectivity index (χ2n) is 5.73. The van der Waals surface area contributed by atoms with E-state index >= 15 is 0 Å². The average molecular weight is 506 g/mol. The monoisotopic (exact) mass is 505 g/mol. The van der Waals surface area contributed by atoms with E-state index in [0.717, 1.165) is 22.1 Å². The van der Waals surface area contributed by atoms with Gasteiger partial charge in [0, 0.05) is 54.5 Å². The van der Waals surface area contributed by atoms with Crippen LogP contribution in [0.5, 0.6) is 0 Å². The molecular formula is C19H25ClIN3OS. The average Bonchev–Trinajstić information content (AvgIpc) is 2.59. The van der Waals surface area contributed by atoms with Gasteiger partial charge < -0.3 is 10.2 Å². The van der Waals surface area contributed by atoms with Crippen molar-refractivity contribution >= 4 is 52.3 Å². The molecule has 1 atom stereocenters. The van der Waals surface area contributed by atoms with Gasteiger partial charge in [0.15, 0.2) is 5.96 Å². The van der Waals surface area contributed by atoms with Crippen molar-refractivity contribution in [3.8, 4) is 0 Å². The molecule has 2 aromatic carbocycles. The van der Waals surface area contributed by atoms with Gasteiger partial charge in [-0.1, -0.05) is 54.1 Å². The molecule has 0 heterocycles. The van der Waals surface area contributed by atoms with Gasteiger partial charge in [-0.2, -0.15) is 0 Å². The van der Waals surface area contributed by atoms with E-state index in [1.165, 1.54) is 0 Å². The number of benzene rings is 2. The minimum Gasteiger partial charge on any atom is -0.355 e. The Labute approximate surface area is 180 Å². The first kappa shape index (κ1) is 22.9. The van der Waals surface area contributed by atoms with Gasteiger partial charge in [-0.15, -0.1) is 24.0 Å². The van der Waals surface area contributed by atoms with Crippen molar-refractivity contribution in [3.63, 3.8) is 0 Å². The molecule has 0 bridgehead atoms. The molecule has 0 aromatic heterocycles. The Bertz CT molecular complexity index is 728. The van der Waals surface area contributed by atoms with Gasteiger partial charge in [0.25, 0.3) is 0 Å². The van der Waals surface area contributed by atoms with E-state index in [9.17, 15) is 4.21 Å². The number of hydrogen-bond donors (Lipinski definition) is 1. The summed E-state index contributed by atoms with van der Waals surface area (Å²) >= 11 is 6.03. The second-order valence-corrected chi connectivity index (χ2v) is 7.75. The Morgan fingerprint density at radius 1 is 1.15 bits per heavy atom. The summed E-state index contributed by atoms with van der Waals surface area (Å²) in [5.74, 6) is 1.94. The van der Waals surface area contributed by atoms with Crippen LogP contribution in [-0.4, -0.2) is 41.5 Å². The van der Waals surface area contributed by atoms with Gasteiger partial charge in [-0.3, -0.25) is 9.20 Å². The van der Waals surface area contributed by atoms with Crippen LogP contribution >= 0.6 is 35.6 Å². The zero-order valence-corrected chi connectivity index (χ0v) is 18.9. The summed E-state index contributed by atoms with van der Waals surface area (Å²) in [4.78, 5) is 6.31.